The molecule has 0 radical (unpaired) electrons. The maximum Gasteiger partial charge on any atom is 0.345 e. The molecule has 2 heterocycles. The number of hydrogen-bond acceptors (Lipinski definition) is 4. The van der Waals surface area contributed by atoms with Crippen molar-refractivity contribution in [1.29, 1.82) is 0 Å². The molecule has 1 amide bonds. The Morgan fingerprint density at radius 3 is 2.65 bits per heavy atom. The number of carboxylic acids is 1. The molecule has 2 aromatic rings. The summed E-state index contributed by atoms with van der Waals surface area (Å²) in [5, 5.41) is 19.4. The van der Waals surface area contributed by atoms with E-state index in [0.29, 0.717) is 12.8 Å². The minimum Gasteiger partial charge on any atom is -0.477 e. The largest absolute Gasteiger partial charge is 0.477 e. The number of hydrogen-bond donors (Lipinski definition) is 2. The molecule has 1 fully saturated rings. The average Bonchev–Trinajstić information content (AvgIpc) is 3.30. The normalized spacial score (nSPS) is 20.3. The van der Waals surface area contributed by atoms with Gasteiger partial charge in [0.15, 0.2) is 0 Å². The van der Waals surface area contributed by atoms with Gasteiger partial charge in [-0.2, -0.15) is 8.78 Å². The van der Waals surface area contributed by atoms with Gasteiger partial charge in [0, 0.05) is 23.8 Å². The van der Waals surface area contributed by atoms with E-state index in [1.165, 1.54) is 18.2 Å². The number of halogens is 2. The highest BCUT2D eigenvalue weighted by atomic mass is 32.1. The van der Waals surface area contributed by atoms with Gasteiger partial charge in [0.25, 0.3) is 5.91 Å². The van der Waals surface area contributed by atoms with Crippen molar-refractivity contribution in [3.63, 3.8) is 0 Å². The molecule has 166 valence electrons. The van der Waals surface area contributed by atoms with E-state index < -0.39 is 36.4 Å². The molecule has 0 bridgehead atoms. The number of rotatable bonds is 9. The Balaban J connectivity index is 1.62. The molecule has 2 N–H and O–H groups in total. The van der Waals surface area contributed by atoms with Crippen LogP contribution < -0.4 is 0 Å². The average molecular weight is 450 g/mol. The number of likely N-dealkylation sites (tertiary alicyclic amines) is 1. The summed E-state index contributed by atoms with van der Waals surface area (Å²) in [7, 11) is 0. The molecule has 0 spiro atoms. The van der Waals surface area contributed by atoms with Crippen molar-refractivity contribution in [3.05, 3.63) is 69.9 Å². The molecule has 0 saturated carbocycles. The third kappa shape index (κ3) is 5.57. The minimum atomic E-state index is -3.43. The predicted molar refractivity (Wildman–Crippen MR) is 115 cm³/mol. The molecular formula is C23H25F2NO4S. The first-order chi connectivity index (χ1) is 14.7. The highest BCUT2D eigenvalue weighted by Gasteiger charge is 2.52. The minimum absolute atomic E-state index is 0.133. The predicted octanol–water partition coefficient (Wildman–Crippen LogP) is 4.34. The van der Waals surface area contributed by atoms with Gasteiger partial charge < -0.3 is 15.1 Å². The van der Waals surface area contributed by atoms with Crippen LogP contribution in [0.1, 0.15) is 45.8 Å². The fourth-order valence-electron chi connectivity index (χ4n) is 3.67. The molecule has 3 rings (SSSR count). The van der Waals surface area contributed by atoms with Crippen LogP contribution in [0.25, 0.3) is 0 Å². The van der Waals surface area contributed by atoms with Crippen LogP contribution in [0, 0.1) is 0 Å². The van der Waals surface area contributed by atoms with Crippen molar-refractivity contribution in [1.82, 2.24) is 4.90 Å². The number of alkyl halides is 2. The lowest BCUT2D eigenvalue weighted by molar-refractivity contribution is -0.148. The molecular weight excluding hydrogens is 424 g/mol. The van der Waals surface area contributed by atoms with Crippen LogP contribution in [0.4, 0.5) is 8.78 Å². The number of aliphatic hydroxyl groups is 1. The second kappa shape index (κ2) is 9.70. The molecule has 1 aromatic heterocycles. The Morgan fingerprint density at radius 1 is 1.29 bits per heavy atom. The van der Waals surface area contributed by atoms with E-state index in [9.17, 15) is 23.5 Å². The summed E-state index contributed by atoms with van der Waals surface area (Å²) in [5.74, 6) is -5.85. The number of amides is 1. The first-order valence-electron chi connectivity index (χ1n) is 10.1. The number of aliphatic hydroxyl groups excluding tert-OH is 1. The van der Waals surface area contributed by atoms with Crippen LogP contribution in [0.5, 0.6) is 0 Å². The number of thiophene rings is 1. The molecule has 5 nitrogen and oxygen atoms in total. The topological polar surface area (TPSA) is 77.8 Å². The quantitative estimate of drug-likeness (QED) is 0.559. The molecule has 1 saturated heterocycles. The summed E-state index contributed by atoms with van der Waals surface area (Å²) in [6.45, 7) is 1.98. The zero-order valence-corrected chi connectivity index (χ0v) is 17.9. The number of nitrogens with zero attached hydrogens (tertiary/aromatic N) is 1. The van der Waals surface area contributed by atoms with Crippen LogP contribution in [0.2, 0.25) is 0 Å². The van der Waals surface area contributed by atoms with Crippen LogP contribution in [0.3, 0.4) is 0 Å². The zero-order valence-electron chi connectivity index (χ0n) is 17.1. The SMILES string of the molecule is C[C@@H](c1ccccc1)[C@H](O)C=CC1CC(F)(F)C(=O)N1CCCc1ccc(C(=O)O)s1. The fourth-order valence-corrected chi connectivity index (χ4v) is 4.56. The van der Waals surface area contributed by atoms with Crippen molar-refractivity contribution in [3.8, 4) is 0 Å². The monoisotopic (exact) mass is 449 g/mol. The van der Waals surface area contributed by atoms with Gasteiger partial charge in [-0.1, -0.05) is 49.4 Å². The summed E-state index contributed by atoms with van der Waals surface area (Å²) in [5.41, 5.74) is 0.931. The van der Waals surface area contributed by atoms with Crippen molar-refractivity contribution < 1.29 is 28.6 Å². The lowest BCUT2D eigenvalue weighted by Gasteiger charge is -2.22. The number of carboxylic acid groups (broad SMARTS) is 1. The second-order valence-corrected chi connectivity index (χ2v) is 8.89. The summed E-state index contributed by atoms with van der Waals surface area (Å²) < 4.78 is 28.2. The van der Waals surface area contributed by atoms with Gasteiger partial charge >= 0.3 is 11.9 Å². The Labute approximate surface area is 183 Å². The maximum atomic E-state index is 14.1. The van der Waals surface area contributed by atoms with Gasteiger partial charge in [0.2, 0.25) is 0 Å². The first-order valence-corrected chi connectivity index (χ1v) is 10.9. The fraction of sp³-hybridized carbons (Fsp3) is 0.391. The van der Waals surface area contributed by atoms with Crippen LogP contribution >= 0.6 is 11.3 Å². The molecule has 0 aliphatic carbocycles. The molecule has 1 aromatic carbocycles. The zero-order chi connectivity index (χ0) is 22.6. The second-order valence-electron chi connectivity index (χ2n) is 7.72. The van der Waals surface area contributed by atoms with E-state index in [4.69, 9.17) is 5.11 Å². The Bertz CT molecular complexity index is 944. The van der Waals surface area contributed by atoms with E-state index in [2.05, 4.69) is 0 Å². The van der Waals surface area contributed by atoms with E-state index in [1.807, 2.05) is 37.3 Å². The molecule has 31 heavy (non-hydrogen) atoms. The summed E-state index contributed by atoms with van der Waals surface area (Å²) >= 11 is 1.14. The van der Waals surface area contributed by atoms with Gasteiger partial charge in [-0.05, 0) is 30.5 Å². The highest BCUT2D eigenvalue weighted by molar-refractivity contribution is 7.13. The first kappa shape index (κ1) is 23.1. The smallest absolute Gasteiger partial charge is 0.345 e. The third-order valence-corrected chi connectivity index (χ3v) is 6.64. The van der Waals surface area contributed by atoms with Crippen LogP contribution in [0.15, 0.2) is 54.6 Å². The number of aryl methyl sites for hydroxylation is 1. The van der Waals surface area contributed by atoms with Crippen molar-refractivity contribution in [2.45, 2.75) is 50.2 Å². The highest BCUT2D eigenvalue weighted by Crippen LogP contribution is 2.34. The van der Waals surface area contributed by atoms with E-state index in [-0.39, 0.29) is 17.3 Å². The Kier molecular flexibility index (Phi) is 7.23. The van der Waals surface area contributed by atoms with Crippen LogP contribution in [-0.4, -0.2) is 51.6 Å². The Morgan fingerprint density at radius 2 is 2.00 bits per heavy atom. The van der Waals surface area contributed by atoms with Gasteiger partial charge in [-0.15, -0.1) is 11.3 Å². The number of carbonyl (C=O) groups is 2. The van der Waals surface area contributed by atoms with Gasteiger partial charge in [-0.25, -0.2) is 4.79 Å². The molecule has 3 atom stereocenters. The van der Waals surface area contributed by atoms with Gasteiger partial charge in [0.1, 0.15) is 4.88 Å². The van der Waals surface area contributed by atoms with E-state index in [0.717, 1.165) is 26.7 Å². The van der Waals surface area contributed by atoms with Crippen molar-refractivity contribution >= 4 is 23.2 Å². The lowest BCUT2D eigenvalue weighted by atomic mass is 9.94. The molecule has 8 heteroatoms. The number of carbonyl (C=O) groups excluding carboxylic acids is 1. The Hall–Kier alpha value is -2.58. The van der Waals surface area contributed by atoms with E-state index in [1.54, 1.807) is 6.07 Å². The third-order valence-electron chi connectivity index (χ3n) is 5.50. The maximum absolute atomic E-state index is 14.1. The van der Waals surface area contributed by atoms with Gasteiger partial charge in [0.05, 0.1) is 12.1 Å². The van der Waals surface area contributed by atoms with Crippen LogP contribution in [-0.2, 0) is 11.2 Å². The summed E-state index contributed by atoms with van der Waals surface area (Å²) in [6.07, 6.45) is 2.44. The number of aromatic carboxylic acids is 1. The van der Waals surface area contributed by atoms with Gasteiger partial charge in [-0.3, -0.25) is 4.79 Å². The molecule has 1 unspecified atom stereocenters. The lowest BCUT2D eigenvalue weighted by Crippen LogP contribution is -2.36. The van der Waals surface area contributed by atoms with Crippen molar-refractivity contribution in [2.24, 2.45) is 0 Å². The summed E-state index contributed by atoms with van der Waals surface area (Å²) in [6, 6.07) is 11.8. The summed E-state index contributed by atoms with van der Waals surface area (Å²) in [4.78, 5) is 25.4. The molecule has 1 aliphatic rings. The van der Waals surface area contributed by atoms with Crippen molar-refractivity contribution in [2.75, 3.05) is 6.54 Å². The van der Waals surface area contributed by atoms with E-state index >= 15 is 0 Å². The number of benzene rings is 1. The standard InChI is InChI=1S/C23H25F2NO4S/c1-15(16-6-3-2-4-7-16)19(27)11-9-17-14-23(24,25)22(30)26(17)13-5-8-18-10-12-20(31-18)21(28)29/h2-4,6-7,9-12,15,17,19,27H,5,8,13-14H2,1H3,(H,28,29)/t15-,17?,19+/m0/s1. The molecule has 1 aliphatic heterocycles.